The van der Waals surface area contributed by atoms with E-state index >= 15 is 0 Å². The van der Waals surface area contributed by atoms with E-state index in [0.717, 1.165) is 42.8 Å². The van der Waals surface area contributed by atoms with Crippen LogP contribution in [-0.2, 0) is 0 Å². The maximum absolute atomic E-state index is 12.7. The van der Waals surface area contributed by atoms with Gasteiger partial charge in [0.1, 0.15) is 5.75 Å². The lowest BCUT2D eigenvalue weighted by Gasteiger charge is -2.26. The minimum absolute atomic E-state index is 0.0852. The smallest absolute Gasteiger partial charge is 0.253 e. The number of para-hydroxylation sites is 1. The second-order valence-corrected chi connectivity index (χ2v) is 6.38. The van der Waals surface area contributed by atoms with Crippen LogP contribution in [0.2, 0.25) is 0 Å². The van der Waals surface area contributed by atoms with Gasteiger partial charge in [-0.15, -0.1) is 0 Å². The summed E-state index contributed by atoms with van der Waals surface area (Å²) in [7, 11) is 1.63. The SMILES string of the molecule is COc1ccc(Nc2ccccc2C(=O)NC2CCC(O)CC2)cc1. The van der Waals surface area contributed by atoms with Gasteiger partial charge in [-0.25, -0.2) is 0 Å². The van der Waals surface area contributed by atoms with Crippen molar-refractivity contribution in [2.45, 2.75) is 37.8 Å². The summed E-state index contributed by atoms with van der Waals surface area (Å²) in [5.74, 6) is 0.703. The molecule has 0 radical (unpaired) electrons. The molecule has 0 atom stereocenters. The first-order valence-electron chi connectivity index (χ1n) is 8.65. The highest BCUT2D eigenvalue weighted by atomic mass is 16.5. The zero-order chi connectivity index (χ0) is 17.6. The highest BCUT2D eigenvalue weighted by Crippen LogP contribution is 2.24. The highest BCUT2D eigenvalue weighted by Gasteiger charge is 2.22. The quantitative estimate of drug-likeness (QED) is 0.779. The van der Waals surface area contributed by atoms with Crippen molar-refractivity contribution in [2.75, 3.05) is 12.4 Å². The molecule has 1 saturated carbocycles. The van der Waals surface area contributed by atoms with E-state index in [9.17, 15) is 9.90 Å². The second kappa shape index (κ2) is 8.03. The Kier molecular flexibility index (Phi) is 5.56. The van der Waals surface area contributed by atoms with Crippen molar-refractivity contribution < 1.29 is 14.6 Å². The largest absolute Gasteiger partial charge is 0.497 e. The molecular formula is C20H24N2O3. The van der Waals surface area contributed by atoms with Crippen molar-refractivity contribution in [1.29, 1.82) is 0 Å². The zero-order valence-electron chi connectivity index (χ0n) is 14.4. The number of aliphatic hydroxyl groups is 1. The molecule has 25 heavy (non-hydrogen) atoms. The van der Waals surface area contributed by atoms with Crippen LogP contribution in [0.5, 0.6) is 5.75 Å². The molecule has 0 unspecified atom stereocenters. The van der Waals surface area contributed by atoms with Crippen molar-refractivity contribution in [2.24, 2.45) is 0 Å². The van der Waals surface area contributed by atoms with E-state index in [4.69, 9.17) is 4.74 Å². The van der Waals surface area contributed by atoms with Crippen LogP contribution in [0.3, 0.4) is 0 Å². The number of amides is 1. The molecule has 1 amide bonds. The molecule has 0 heterocycles. The Bertz CT molecular complexity index is 707. The molecule has 1 fully saturated rings. The van der Waals surface area contributed by atoms with Crippen molar-refractivity contribution in [3.05, 3.63) is 54.1 Å². The lowest BCUT2D eigenvalue weighted by atomic mass is 9.93. The van der Waals surface area contributed by atoms with Crippen LogP contribution < -0.4 is 15.4 Å². The van der Waals surface area contributed by atoms with Gasteiger partial charge in [0.15, 0.2) is 0 Å². The number of hydrogen-bond donors (Lipinski definition) is 3. The number of carbonyl (C=O) groups excluding carboxylic acids is 1. The predicted octanol–water partition coefficient (Wildman–Crippen LogP) is 3.47. The van der Waals surface area contributed by atoms with E-state index in [2.05, 4.69) is 10.6 Å². The molecule has 132 valence electrons. The van der Waals surface area contributed by atoms with Crippen molar-refractivity contribution in [1.82, 2.24) is 5.32 Å². The van der Waals surface area contributed by atoms with Gasteiger partial charge in [0.2, 0.25) is 0 Å². The number of ether oxygens (including phenoxy) is 1. The Morgan fingerprint density at radius 2 is 1.72 bits per heavy atom. The van der Waals surface area contributed by atoms with Gasteiger partial charge in [0.05, 0.1) is 24.5 Å². The van der Waals surface area contributed by atoms with Gasteiger partial charge in [0.25, 0.3) is 5.91 Å². The van der Waals surface area contributed by atoms with E-state index in [-0.39, 0.29) is 18.1 Å². The Morgan fingerprint density at radius 1 is 1.04 bits per heavy atom. The Hall–Kier alpha value is -2.53. The minimum atomic E-state index is -0.225. The Labute approximate surface area is 148 Å². The minimum Gasteiger partial charge on any atom is -0.497 e. The summed E-state index contributed by atoms with van der Waals surface area (Å²) in [5.41, 5.74) is 2.27. The molecule has 3 rings (SSSR count). The molecule has 5 nitrogen and oxygen atoms in total. The third-order valence-electron chi connectivity index (χ3n) is 4.57. The van der Waals surface area contributed by atoms with Gasteiger partial charge in [-0.3, -0.25) is 4.79 Å². The topological polar surface area (TPSA) is 70.6 Å². The summed E-state index contributed by atoms with van der Waals surface area (Å²) in [5, 5.41) is 16.0. The molecule has 5 heteroatoms. The molecule has 0 spiro atoms. The summed E-state index contributed by atoms with van der Waals surface area (Å²) < 4.78 is 5.16. The summed E-state index contributed by atoms with van der Waals surface area (Å²) in [6, 6.07) is 15.2. The first-order valence-corrected chi connectivity index (χ1v) is 8.65. The summed E-state index contributed by atoms with van der Waals surface area (Å²) >= 11 is 0. The summed E-state index contributed by atoms with van der Waals surface area (Å²) in [6.45, 7) is 0. The molecule has 0 aliphatic heterocycles. The lowest BCUT2D eigenvalue weighted by molar-refractivity contribution is 0.0868. The van der Waals surface area contributed by atoms with E-state index in [1.807, 2.05) is 48.5 Å². The average molecular weight is 340 g/mol. The summed E-state index contributed by atoms with van der Waals surface area (Å²) in [6.07, 6.45) is 2.91. The Balaban J connectivity index is 1.70. The number of rotatable bonds is 5. The molecular weight excluding hydrogens is 316 g/mol. The van der Waals surface area contributed by atoms with Gasteiger partial charge in [0, 0.05) is 11.7 Å². The fourth-order valence-electron chi connectivity index (χ4n) is 3.10. The fourth-order valence-corrected chi connectivity index (χ4v) is 3.10. The van der Waals surface area contributed by atoms with Crippen molar-refractivity contribution >= 4 is 17.3 Å². The van der Waals surface area contributed by atoms with Crippen LogP contribution in [0.4, 0.5) is 11.4 Å². The van der Waals surface area contributed by atoms with E-state index in [0.29, 0.717) is 5.56 Å². The third kappa shape index (κ3) is 4.51. The maximum atomic E-state index is 12.7. The number of benzene rings is 2. The van der Waals surface area contributed by atoms with Crippen LogP contribution in [0.15, 0.2) is 48.5 Å². The highest BCUT2D eigenvalue weighted by molar-refractivity contribution is 6.00. The molecule has 2 aromatic carbocycles. The van der Waals surface area contributed by atoms with Gasteiger partial charge in [-0.05, 0) is 62.1 Å². The normalized spacial score (nSPS) is 19.9. The fraction of sp³-hybridized carbons (Fsp3) is 0.350. The van der Waals surface area contributed by atoms with Crippen LogP contribution in [0.25, 0.3) is 0 Å². The molecule has 1 aliphatic rings. The maximum Gasteiger partial charge on any atom is 0.253 e. The number of carbonyl (C=O) groups is 1. The van der Waals surface area contributed by atoms with Crippen LogP contribution >= 0.6 is 0 Å². The van der Waals surface area contributed by atoms with Crippen molar-refractivity contribution in [3.63, 3.8) is 0 Å². The van der Waals surface area contributed by atoms with Crippen LogP contribution in [0.1, 0.15) is 36.0 Å². The number of hydrogen-bond acceptors (Lipinski definition) is 4. The number of methoxy groups -OCH3 is 1. The van der Waals surface area contributed by atoms with E-state index < -0.39 is 0 Å². The van der Waals surface area contributed by atoms with Gasteiger partial charge in [-0.1, -0.05) is 12.1 Å². The molecule has 0 saturated heterocycles. The van der Waals surface area contributed by atoms with E-state index in [1.54, 1.807) is 7.11 Å². The zero-order valence-corrected chi connectivity index (χ0v) is 14.4. The molecule has 0 bridgehead atoms. The van der Waals surface area contributed by atoms with Crippen molar-refractivity contribution in [3.8, 4) is 5.75 Å². The molecule has 1 aliphatic carbocycles. The van der Waals surface area contributed by atoms with Gasteiger partial charge in [-0.2, -0.15) is 0 Å². The monoisotopic (exact) mass is 340 g/mol. The van der Waals surface area contributed by atoms with Crippen LogP contribution in [-0.4, -0.2) is 30.3 Å². The number of aliphatic hydroxyl groups excluding tert-OH is 1. The first kappa shape index (κ1) is 17.3. The lowest BCUT2D eigenvalue weighted by Crippen LogP contribution is -2.38. The van der Waals surface area contributed by atoms with Crippen LogP contribution in [0, 0.1) is 0 Å². The summed E-state index contributed by atoms with van der Waals surface area (Å²) in [4.78, 5) is 12.7. The Morgan fingerprint density at radius 3 is 2.40 bits per heavy atom. The first-order chi connectivity index (χ1) is 12.2. The molecule has 2 aromatic rings. The molecule has 3 N–H and O–H groups in total. The standard InChI is InChI=1S/C20H24N2O3/c1-25-17-12-8-14(9-13-17)21-19-5-3-2-4-18(19)20(24)22-15-6-10-16(23)11-7-15/h2-5,8-9,12-13,15-16,21,23H,6-7,10-11H2,1H3,(H,22,24). The average Bonchev–Trinajstić information content (AvgIpc) is 2.64. The van der Waals surface area contributed by atoms with Gasteiger partial charge < -0.3 is 20.5 Å². The number of anilines is 2. The van der Waals surface area contributed by atoms with Gasteiger partial charge >= 0.3 is 0 Å². The van der Waals surface area contributed by atoms with E-state index in [1.165, 1.54) is 0 Å². The number of nitrogens with one attached hydrogen (secondary N) is 2. The second-order valence-electron chi connectivity index (χ2n) is 6.38. The predicted molar refractivity (Wildman–Crippen MR) is 98.4 cm³/mol. The molecule has 0 aromatic heterocycles. The third-order valence-corrected chi connectivity index (χ3v) is 4.57.